The maximum Gasteiger partial charge on any atom is 0.188 e. The Kier molecular flexibility index (Phi) is 10.0. The van der Waals surface area contributed by atoms with Crippen molar-refractivity contribution in [2.75, 3.05) is 21.0 Å². The van der Waals surface area contributed by atoms with Crippen LogP contribution in [0.3, 0.4) is 0 Å². The van der Waals surface area contributed by atoms with Crippen molar-refractivity contribution in [3.05, 3.63) is 46.6 Å². The Hall–Kier alpha value is -1.74. The largest absolute Gasteiger partial charge is 0.493 e. The van der Waals surface area contributed by atoms with Gasteiger partial charge in [-0.05, 0) is 58.1 Å². The summed E-state index contributed by atoms with van der Waals surface area (Å²) in [6.07, 6.45) is 9.75. The fraction of sp³-hybridized carbons (Fsp3) is 0.545. The molecule has 0 fully saturated rings. The van der Waals surface area contributed by atoms with Crippen molar-refractivity contribution in [3.8, 4) is 11.5 Å². The number of rotatable bonds is 11. The molecule has 0 atom stereocenters. The van der Waals surface area contributed by atoms with Crippen LogP contribution in [0, 0.1) is 0 Å². The minimum atomic E-state index is 0.222. The van der Waals surface area contributed by atoms with E-state index >= 15 is 0 Å². The predicted molar refractivity (Wildman–Crippen MR) is 106 cm³/mol. The first kappa shape index (κ1) is 21.3. The highest BCUT2D eigenvalue weighted by atomic mass is 16.7. The van der Waals surface area contributed by atoms with Crippen molar-refractivity contribution in [3.63, 3.8) is 0 Å². The summed E-state index contributed by atoms with van der Waals surface area (Å²) in [5.41, 5.74) is 5.21. The molecule has 3 heteroatoms. The minimum Gasteiger partial charge on any atom is -0.493 e. The Morgan fingerprint density at radius 1 is 1.08 bits per heavy atom. The van der Waals surface area contributed by atoms with Crippen molar-refractivity contribution in [1.82, 2.24) is 0 Å². The van der Waals surface area contributed by atoms with Gasteiger partial charge in [0, 0.05) is 12.7 Å². The van der Waals surface area contributed by atoms with E-state index in [4.69, 9.17) is 14.2 Å². The Bertz CT molecular complexity index is 581. The SMILES string of the molecule is CCCc1cc(C/C=C(\C)CCC=C(C)C)c(OCOC)c(OC)c1. The van der Waals surface area contributed by atoms with E-state index in [0.29, 0.717) is 0 Å². The normalized spacial score (nSPS) is 11.4. The number of allylic oxidation sites excluding steroid dienone is 4. The minimum absolute atomic E-state index is 0.222. The van der Waals surface area contributed by atoms with Gasteiger partial charge in [-0.2, -0.15) is 0 Å². The van der Waals surface area contributed by atoms with Gasteiger partial charge in [-0.25, -0.2) is 0 Å². The standard InChI is InChI=1S/C22H34O3/c1-7-9-19-14-20(13-12-18(4)11-8-10-17(2)3)22(25-16-23-5)21(15-19)24-6/h10,12,14-15H,7-9,11,13,16H2,1-6H3/b18-12+. The molecule has 0 aliphatic heterocycles. The number of aryl methyl sites for hydroxylation is 1. The predicted octanol–water partition coefficient (Wildman–Crippen LogP) is 5.87. The molecule has 0 aliphatic carbocycles. The van der Waals surface area contributed by atoms with Crippen LogP contribution in [0.15, 0.2) is 35.4 Å². The van der Waals surface area contributed by atoms with Crippen LogP contribution in [-0.2, 0) is 17.6 Å². The van der Waals surface area contributed by atoms with E-state index in [0.717, 1.165) is 49.2 Å². The first-order valence-electron chi connectivity index (χ1n) is 9.12. The van der Waals surface area contributed by atoms with Gasteiger partial charge in [0.25, 0.3) is 0 Å². The number of methoxy groups -OCH3 is 2. The zero-order valence-corrected chi connectivity index (χ0v) is 16.8. The highest BCUT2D eigenvalue weighted by molar-refractivity contribution is 5.50. The highest BCUT2D eigenvalue weighted by Gasteiger charge is 2.13. The molecule has 0 amide bonds. The number of hydrogen-bond donors (Lipinski definition) is 0. The molecule has 0 aliphatic rings. The third-order valence-electron chi connectivity index (χ3n) is 4.03. The molecule has 0 saturated carbocycles. The topological polar surface area (TPSA) is 27.7 Å². The van der Waals surface area contributed by atoms with E-state index in [2.05, 4.69) is 52.0 Å². The lowest BCUT2D eigenvalue weighted by Gasteiger charge is -2.16. The van der Waals surface area contributed by atoms with Crippen molar-refractivity contribution >= 4 is 0 Å². The Morgan fingerprint density at radius 2 is 1.84 bits per heavy atom. The van der Waals surface area contributed by atoms with Crippen molar-refractivity contribution in [1.29, 1.82) is 0 Å². The first-order valence-corrected chi connectivity index (χ1v) is 9.12. The van der Waals surface area contributed by atoms with Crippen LogP contribution in [0.1, 0.15) is 58.1 Å². The van der Waals surface area contributed by atoms with Crippen LogP contribution in [0.25, 0.3) is 0 Å². The molecule has 0 spiro atoms. The third-order valence-corrected chi connectivity index (χ3v) is 4.03. The van der Waals surface area contributed by atoms with Crippen LogP contribution in [0.5, 0.6) is 11.5 Å². The Morgan fingerprint density at radius 3 is 2.44 bits per heavy atom. The molecule has 140 valence electrons. The lowest BCUT2D eigenvalue weighted by atomic mass is 10.0. The summed E-state index contributed by atoms with van der Waals surface area (Å²) in [6.45, 7) is 8.89. The summed E-state index contributed by atoms with van der Waals surface area (Å²) in [5.74, 6) is 1.58. The maximum absolute atomic E-state index is 5.80. The molecule has 1 rings (SSSR count). The van der Waals surface area contributed by atoms with Gasteiger partial charge in [0.05, 0.1) is 7.11 Å². The summed E-state index contributed by atoms with van der Waals surface area (Å²) in [5, 5.41) is 0. The molecule has 25 heavy (non-hydrogen) atoms. The van der Waals surface area contributed by atoms with Crippen LogP contribution >= 0.6 is 0 Å². The van der Waals surface area contributed by atoms with E-state index in [-0.39, 0.29) is 6.79 Å². The zero-order chi connectivity index (χ0) is 18.7. The molecule has 1 aromatic rings. The van der Waals surface area contributed by atoms with Gasteiger partial charge >= 0.3 is 0 Å². The first-order chi connectivity index (χ1) is 12.0. The molecule has 0 unspecified atom stereocenters. The van der Waals surface area contributed by atoms with Gasteiger partial charge < -0.3 is 14.2 Å². The van der Waals surface area contributed by atoms with Crippen LogP contribution in [0.4, 0.5) is 0 Å². The summed E-state index contributed by atoms with van der Waals surface area (Å²) in [6, 6.07) is 4.31. The van der Waals surface area contributed by atoms with E-state index in [1.165, 1.54) is 16.7 Å². The van der Waals surface area contributed by atoms with Gasteiger partial charge in [-0.3, -0.25) is 0 Å². The molecule has 0 aromatic heterocycles. The fourth-order valence-corrected chi connectivity index (χ4v) is 2.72. The Balaban J connectivity index is 3.00. The molecule has 0 radical (unpaired) electrons. The van der Waals surface area contributed by atoms with Gasteiger partial charge in [0.1, 0.15) is 0 Å². The van der Waals surface area contributed by atoms with Gasteiger partial charge in [0.2, 0.25) is 0 Å². The summed E-state index contributed by atoms with van der Waals surface area (Å²) < 4.78 is 16.4. The lowest BCUT2D eigenvalue weighted by molar-refractivity contribution is 0.0485. The molecule has 3 nitrogen and oxygen atoms in total. The molecule has 0 heterocycles. The maximum atomic E-state index is 5.80. The van der Waals surface area contributed by atoms with Crippen LogP contribution < -0.4 is 9.47 Å². The van der Waals surface area contributed by atoms with Crippen molar-refractivity contribution in [2.45, 2.75) is 59.8 Å². The van der Waals surface area contributed by atoms with E-state index in [9.17, 15) is 0 Å². The number of benzene rings is 1. The molecular formula is C22H34O3. The average molecular weight is 347 g/mol. The monoisotopic (exact) mass is 346 g/mol. The fourth-order valence-electron chi connectivity index (χ4n) is 2.72. The van der Waals surface area contributed by atoms with Crippen molar-refractivity contribution in [2.24, 2.45) is 0 Å². The highest BCUT2D eigenvalue weighted by Crippen LogP contribution is 2.34. The molecule has 0 saturated heterocycles. The smallest absolute Gasteiger partial charge is 0.188 e. The molecule has 0 bridgehead atoms. The molecule has 1 aromatic carbocycles. The van der Waals surface area contributed by atoms with Gasteiger partial charge in [0.15, 0.2) is 18.3 Å². The van der Waals surface area contributed by atoms with Crippen LogP contribution in [-0.4, -0.2) is 21.0 Å². The second-order valence-corrected chi connectivity index (χ2v) is 6.66. The lowest BCUT2D eigenvalue weighted by Crippen LogP contribution is -2.05. The van der Waals surface area contributed by atoms with Gasteiger partial charge in [-0.1, -0.05) is 42.7 Å². The number of hydrogen-bond acceptors (Lipinski definition) is 3. The van der Waals surface area contributed by atoms with Crippen LogP contribution in [0.2, 0.25) is 0 Å². The average Bonchev–Trinajstić information content (AvgIpc) is 2.58. The van der Waals surface area contributed by atoms with E-state index < -0.39 is 0 Å². The summed E-state index contributed by atoms with van der Waals surface area (Å²) in [7, 11) is 3.32. The molecular weight excluding hydrogens is 312 g/mol. The van der Waals surface area contributed by atoms with E-state index in [1.807, 2.05) is 0 Å². The summed E-state index contributed by atoms with van der Waals surface area (Å²) in [4.78, 5) is 0. The second-order valence-electron chi connectivity index (χ2n) is 6.66. The zero-order valence-electron chi connectivity index (χ0n) is 16.8. The third kappa shape index (κ3) is 7.78. The van der Waals surface area contributed by atoms with Crippen molar-refractivity contribution < 1.29 is 14.2 Å². The molecule has 0 N–H and O–H groups in total. The number of ether oxygens (including phenoxy) is 3. The second kappa shape index (κ2) is 11.8. The van der Waals surface area contributed by atoms with E-state index in [1.54, 1.807) is 14.2 Å². The quantitative estimate of drug-likeness (QED) is 0.371. The van der Waals surface area contributed by atoms with Gasteiger partial charge in [-0.15, -0.1) is 0 Å². The Labute approximate surface area is 153 Å². The summed E-state index contributed by atoms with van der Waals surface area (Å²) >= 11 is 0.